The molecule has 0 aliphatic rings. The van der Waals surface area contributed by atoms with Crippen LogP contribution in [0.1, 0.15) is 9.88 Å². The Hall–Kier alpha value is 0.0200. The van der Waals surface area contributed by atoms with Crippen molar-refractivity contribution in [3.8, 4) is 0 Å². The van der Waals surface area contributed by atoms with Gasteiger partial charge in [0.15, 0.2) is 0 Å². The third-order valence-corrected chi connectivity index (χ3v) is 4.85. The Kier molecular flexibility index (Phi) is 3.84. The zero-order valence-corrected chi connectivity index (χ0v) is 10.2. The van der Waals surface area contributed by atoms with Gasteiger partial charge in [-0.1, -0.05) is 15.9 Å². The predicted octanol–water partition coefficient (Wildman–Crippen LogP) is 1.22. The van der Waals surface area contributed by atoms with E-state index in [2.05, 4.69) is 25.6 Å². The SMILES string of the molecule is Cc1cnc(CNS(=O)(=O)CBr)s1. The molecule has 0 aromatic carbocycles. The summed E-state index contributed by atoms with van der Waals surface area (Å²) in [6, 6.07) is 0. The molecule has 0 saturated heterocycles. The van der Waals surface area contributed by atoms with Gasteiger partial charge in [-0.15, -0.1) is 11.3 Å². The van der Waals surface area contributed by atoms with Crippen molar-refractivity contribution in [2.75, 3.05) is 4.66 Å². The Morgan fingerprint density at radius 2 is 2.38 bits per heavy atom. The number of alkyl halides is 1. The third kappa shape index (κ3) is 3.72. The van der Waals surface area contributed by atoms with Crippen molar-refractivity contribution >= 4 is 37.3 Å². The maximum Gasteiger partial charge on any atom is 0.222 e. The molecular weight excluding hydrogens is 276 g/mol. The largest absolute Gasteiger partial charge is 0.248 e. The van der Waals surface area contributed by atoms with E-state index in [-0.39, 0.29) is 11.2 Å². The molecule has 7 heteroatoms. The minimum atomic E-state index is -3.18. The van der Waals surface area contributed by atoms with E-state index in [1.165, 1.54) is 11.3 Å². The Bertz CT molecular complexity index is 374. The Morgan fingerprint density at radius 3 is 2.85 bits per heavy atom. The zero-order chi connectivity index (χ0) is 9.90. The van der Waals surface area contributed by atoms with E-state index in [9.17, 15) is 8.42 Å². The number of aromatic nitrogens is 1. The van der Waals surface area contributed by atoms with Crippen LogP contribution < -0.4 is 4.72 Å². The van der Waals surface area contributed by atoms with Crippen molar-refractivity contribution in [3.05, 3.63) is 16.1 Å². The van der Waals surface area contributed by atoms with Gasteiger partial charge >= 0.3 is 0 Å². The van der Waals surface area contributed by atoms with Crippen LogP contribution in [0.2, 0.25) is 0 Å². The van der Waals surface area contributed by atoms with Crippen LogP contribution in [0.15, 0.2) is 6.20 Å². The molecular formula is C6H9BrN2O2S2. The number of nitrogens with zero attached hydrogens (tertiary/aromatic N) is 1. The molecule has 0 spiro atoms. The van der Waals surface area contributed by atoms with Crippen LogP contribution in [0.3, 0.4) is 0 Å². The zero-order valence-electron chi connectivity index (χ0n) is 6.95. The molecule has 0 fully saturated rings. The Labute approximate surface area is 89.6 Å². The second-order valence-corrected chi connectivity index (χ2v) is 6.84. The summed E-state index contributed by atoms with van der Waals surface area (Å²) in [6.07, 6.45) is 1.72. The number of hydrogen-bond donors (Lipinski definition) is 1. The van der Waals surface area contributed by atoms with Gasteiger partial charge < -0.3 is 0 Å². The van der Waals surface area contributed by atoms with Gasteiger partial charge in [0.05, 0.1) is 6.54 Å². The first-order valence-electron chi connectivity index (χ1n) is 3.48. The first kappa shape index (κ1) is 11.1. The van der Waals surface area contributed by atoms with Crippen LogP contribution in [-0.4, -0.2) is 18.1 Å². The van der Waals surface area contributed by atoms with Gasteiger partial charge in [0.25, 0.3) is 0 Å². The molecule has 1 heterocycles. The molecule has 0 amide bonds. The normalized spacial score (nSPS) is 11.8. The van der Waals surface area contributed by atoms with Gasteiger partial charge in [0.1, 0.15) is 9.67 Å². The lowest BCUT2D eigenvalue weighted by Crippen LogP contribution is -2.23. The summed E-state index contributed by atoms with van der Waals surface area (Å²) in [6.45, 7) is 2.20. The third-order valence-electron chi connectivity index (χ3n) is 1.26. The van der Waals surface area contributed by atoms with Crippen LogP contribution in [0.4, 0.5) is 0 Å². The fraction of sp³-hybridized carbons (Fsp3) is 0.500. The summed E-state index contributed by atoms with van der Waals surface area (Å²) in [5.41, 5.74) is 0. The van der Waals surface area contributed by atoms with E-state index in [4.69, 9.17) is 0 Å². The van der Waals surface area contributed by atoms with Gasteiger partial charge in [-0.25, -0.2) is 18.1 Å². The van der Waals surface area contributed by atoms with Crippen molar-refractivity contribution in [3.63, 3.8) is 0 Å². The van der Waals surface area contributed by atoms with Gasteiger partial charge in [-0.3, -0.25) is 0 Å². The topological polar surface area (TPSA) is 59.1 Å². The highest BCUT2D eigenvalue weighted by atomic mass is 79.9. The van der Waals surface area contributed by atoms with Crippen molar-refractivity contribution in [2.24, 2.45) is 0 Å². The number of rotatable bonds is 4. The van der Waals surface area contributed by atoms with Crippen LogP contribution >= 0.6 is 27.3 Å². The monoisotopic (exact) mass is 284 g/mol. The first-order chi connectivity index (χ1) is 6.03. The van der Waals surface area contributed by atoms with E-state index in [0.717, 1.165) is 9.88 Å². The van der Waals surface area contributed by atoms with Crippen molar-refractivity contribution in [1.29, 1.82) is 0 Å². The molecule has 13 heavy (non-hydrogen) atoms. The minimum Gasteiger partial charge on any atom is -0.248 e. The molecule has 4 nitrogen and oxygen atoms in total. The summed E-state index contributed by atoms with van der Waals surface area (Å²) >= 11 is 4.37. The molecule has 0 atom stereocenters. The number of hydrogen-bond acceptors (Lipinski definition) is 4. The molecule has 0 unspecified atom stereocenters. The standard InChI is InChI=1S/C6H9BrN2O2S2/c1-5-2-8-6(12-5)3-9-13(10,11)4-7/h2,9H,3-4H2,1H3. The average molecular weight is 285 g/mol. The molecule has 1 aromatic heterocycles. The summed E-state index contributed by atoms with van der Waals surface area (Å²) in [7, 11) is -3.18. The Morgan fingerprint density at radius 1 is 1.69 bits per heavy atom. The molecule has 0 aliphatic heterocycles. The van der Waals surface area contributed by atoms with Gasteiger partial charge in [-0.2, -0.15) is 0 Å². The smallest absolute Gasteiger partial charge is 0.222 e. The molecule has 1 aromatic rings. The highest BCUT2D eigenvalue weighted by Gasteiger charge is 2.08. The summed E-state index contributed by atoms with van der Waals surface area (Å²) in [5.74, 6) is 0. The maximum atomic E-state index is 11.0. The highest BCUT2D eigenvalue weighted by Crippen LogP contribution is 2.10. The van der Waals surface area contributed by atoms with Gasteiger partial charge in [0, 0.05) is 11.1 Å². The first-order valence-corrected chi connectivity index (χ1v) is 7.07. The summed E-state index contributed by atoms with van der Waals surface area (Å²) < 4.78 is 24.3. The molecule has 1 rings (SSSR count). The van der Waals surface area contributed by atoms with Gasteiger partial charge in [-0.05, 0) is 6.92 Å². The lowest BCUT2D eigenvalue weighted by Gasteiger charge is -1.99. The van der Waals surface area contributed by atoms with E-state index in [0.29, 0.717) is 0 Å². The maximum absolute atomic E-state index is 11.0. The quantitative estimate of drug-likeness (QED) is 0.846. The van der Waals surface area contributed by atoms with Crippen molar-refractivity contribution in [1.82, 2.24) is 9.71 Å². The summed E-state index contributed by atoms with van der Waals surface area (Å²) in [4.78, 5) is 5.11. The van der Waals surface area contributed by atoms with Crippen LogP contribution in [0, 0.1) is 6.92 Å². The van der Waals surface area contributed by atoms with E-state index in [1.54, 1.807) is 6.20 Å². The lowest BCUT2D eigenvalue weighted by atomic mass is 10.6. The van der Waals surface area contributed by atoms with Crippen LogP contribution in [0.25, 0.3) is 0 Å². The second kappa shape index (κ2) is 4.50. The highest BCUT2D eigenvalue weighted by molar-refractivity contribution is 9.10. The molecule has 1 N–H and O–H groups in total. The fourth-order valence-corrected chi connectivity index (χ4v) is 2.43. The molecule has 74 valence electrons. The van der Waals surface area contributed by atoms with Crippen LogP contribution in [0.5, 0.6) is 0 Å². The number of halogens is 1. The number of sulfonamides is 1. The second-order valence-electron chi connectivity index (χ2n) is 2.41. The molecule has 0 aliphatic carbocycles. The van der Waals surface area contributed by atoms with Crippen LogP contribution in [-0.2, 0) is 16.6 Å². The van der Waals surface area contributed by atoms with E-state index < -0.39 is 10.0 Å². The van der Waals surface area contributed by atoms with E-state index in [1.807, 2.05) is 6.92 Å². The van der Waals surface area contributed by atoms with Crippen molar-refractivity contribution < 1.29 is 8.42 Å². The lowest BCUT2D eigenvalue weighted by molar-refractivity contribution is 0.586. The number of thiazole rings is 1. The Balaban J connectivity index is 2.53. The van der Waals surface area contributed by atoms with Crippen molar-refractivity contribution in [2.45, 2.75) is 13.5 Å². The van der Waals surface area contributed by atoms with Gasteiger partial charge in [0.2, 0.25) is 10.0 Å². The molecule has 0 saturated carbocycles. The number of aryl methyl sites for hydroxylation is 1. The molecule has 0 bridgehead atoms. The fourth-order valence-electron chi connectivity index (χ4n) is 0.693. The predicted molar refractivity (Wildman–Crippen MR) is 56.4 cm³/mol. The summed E-state index contributed by atoms with van der Waals surface area (Å²) in [5, 5.41) is 0.780. The molecule has 0 radical (unpaired) electrons. The average Bonchev–Trinajstić information content (AvgIpc) is 2.48. The minimum absolute atomic E-state index is 0.0790. The van der Waals surface area contributed by atoms with E-state index >= 15 is 0 Å². The number of nitrogens with one attached hydrogen (secondary N) is 1.